The molecule has 254 valence electrons. The van der Waals surface area contributed by atoms with Crippen LogP contribution in [-0.4, -0.2) is 71.8 Å². The molecule has 4 fully saturated rings. The Kier molecular flexibility index (Phi) is 9.02. The number of carbonyl (C=O) groups is 1. The number of nitrogens with zero attached hydrogens (tertiary/aromatic N) is 2. The van der Waals surface area contributed by atoms with E-state index in [-0.39, 0.29) is 23.7 Å². The van der Waals surface area contributed by atoms with Gasteiger partial charge < -0.3 is 19.5 Å². The van der Waals surface area contributed by atoms with Crippen molar-refractivity contribution in [1.82, 2.24) is 9.80 Å². The molecule has 2 aromatic carbocycles. The lowest BCUT2D eigenvalue weighted by Crippen LogP contribution is -2.69. The van der Waals surface area contributed by atoms with E-state index in [0.717, 1.165) is 88.4 Å². The number of methoxy groups -OCH3 is 1. The lowest BCUT2D eigenvalue weighted by Gasteiger charge is -2.60. The van der Waals surface area contributed by atoms with Gasteiger partial charge >= 0.3 is 0 Å². The van der Waals surface area contributed by atoms with Crippen molar-refractivity contribution in [3.05, 3.63) is 59.2 Å². The number of hydrogen-bond donors (Lipinski definition) is 1. The van der Waals surface area contributed by atoms with Crippen LogP contribution in [-0.2, 0) is 23.1 Å². The molecule has 47 heavy (non-hydrogen) atoms. The van der Waals surface area contributed by atoms with Crippen LogP contribution in [0.3, 0.4) is 0 Å². The molecule has 2 heterocycles. The molecule has 2 aliphatic heterocycles. The molecule has 2 aromatic rings. The van der Waals surface area contributed by atoms with Gasteiger partial charge in [-0.05, 0) is 86.9 Å². The number of carbonyl (C=O) groups excluding carboxylic acids is 1. The molecular formula is C41H56N2O4. The van der Waals surface area contributed by atoms with E-state index in [9.17, 15) is 9.90 Å². The molecule has 2 unspecified atom stereocenters. The van der Waals surface area contributed by atoms with Gasteiger partial charge in [-0.2, -0.15) is 0 Å². The zero-order chi connectivity index (χ0) is 32.0. The van der Waals surface area contributed by atoms with Gasteiger partial charge in [-0.3, -0.25) is 9.69 Å². The quantitative estimate of drug-likeness (QED) is 0.237. The molecular weight excluding hydrogens is 584 g/mol. The lowest BCUT2D eigenvalue weighted by molar-refractivity contribution is -0.143. The first-order chi connectivity index (χ1) is 23.1. The molecule has 0 aromatic heterocycles. The summed E-state index contributed by atoms with van der Waals surface area (Å²) in [4.78, 5) is 19.4. The van der Waals surface area contributed by atoms with E-state index in [2.05, 4.69) is 52.3 Å². The van der Waals surface area contributed by atoms with Crippen LogP contribution in [0.15, 0.2) is 42.5 Å². The van der Waals surface area contributed by atoms with Gasteiger partial charge in [0.05, 0.1) is 19.3 Å². The highest BCUT2D eigenvalue weighted by molar-refractivity contribution is 5.77. The van der Waals surface area contributed by atoms with Crippen molar-refractivity contribution in [3.63, 3.8) is 0 Å². The van der Waals surface area contributed by atoms with Gasteiger partial charge in [-0.25, -0.2) is 0 Å². The number of aliphatic hydroxyl groups is 1. The average Bonchev–Trinajstić information content (AvgIpc) is 3.68. The maximum atomic E-state index is 14.4. The highest BCUT2D eigenvalue weighted by Crippen LogP contribution is 2.64. The smallest absolute Gasteiger partial charge is 0.222 e. The summed E-state index contributed by atoms with van der Waals surface area (Å²) in [6, 6.07) is 15.7. The summed E-state index contributed by atoms with van der Waals surface area (Å²) in [5.74, 6) is 3.95. The second kappa shape index (κ2) is 13.4. The summed E-state index contributed by atoms with van der Waals surface area (Å²) in [5.41, 5.74) is 4.08. The van der Waals surface area contributed by atoms with Gasteiger partial charge in [0.15, 0.2) is 11.5 Å². The minimum atomic E-state index is -0.117. The molecule has 1 amide bonds. The lowest BCUT2D eigenvalue weighted by atomic mass is 9.51. The molecule has 8 rings (SSSR count). The normalized spacial score (nSPS) is 32.4. The summed E-state index contributed by atoms with van der Waals surface area (Å²) < 4.78 is 13.1. The first-order valence-electron chi connectivity index (χ1n) is 19.2. The van der Waals surface area contributed by atoms with Crippen LogP contribution in [0.25, 0.3) is 0 Å². The summed E-state index contributed by atoms with van der Waals surface area (Å²) in [7, 11) is 1.76. The van der Waals surface area contributed by atoms with E-state index in [1.54, 1.807) is 7.11 Å². The highest BCUT2D eigenvalue weighted by atomic mass is 16.5. The Morgan fingerprint density at radius 3 is 2.66 bits per heavy atom. The van der Waals surface area contributed by atoms with Gasteiger partial charge in [0.2, 0.25) is 5.91 Å². The predicted octanol–water partition coefficient (Wildman–Crippen LogP) is 7.09. The standard InChI is InChI=1S/C41H56N2O4/c1-46-36-21-18-30-25-34-32-19-20-33(40-41(32,38(30)39(36)47-40)22-24-42(34)27-31-26-35(31)44)43(23-10-16-29-13-6-3-7-14-29)37(45)17-9-8-15-28-11-4-2-5-12-28/h3,6-7,13-14,18,21,28,31-35,40,44H,2,4-5,8-12,15-17,19-20,22-27H2,1H3/t31?,32-,33-,34+,35?,40-,41-/m0/s1. The molecule has 2 bridgehead atoms. The Labute approximate surface area is 282 Å². The third-order valence-corrected chi connectivity index (χ3v) is 13.4. The number of likely N-dealkylation sites (tertiary alicyclic amines) is 1. The van der Waals surface area contributed by atoms with Crippen molar-refractivity contribution in [1.29, 1.82) is 0 Å². The first-order valence-corrected chi connectivity index (χ1v) is 19.2. The Morgan fingerprint density at radius 1 is 1.04 bits per heavy atom. The van der Waals surface area contributed by atoms with Crippen molar-refractivity contribution in [2.24, 2.45) is 17.8 Å². The Morgan fingerprint density at radius 2 is 1.87 bits per heavy atom. The van der Waals surface area contributed by atoms with Crippen molar-refractivity contribution in [2.45, 2.75) is 132 Å². The van der Waals surface area contributed by atoms with Crippen molar-refractivity contribution in [2.75, 3.05) is 26.7 Å². The number of ether oxygens (including phenoxy) is 2. The molecule has 6 heteroatoms. The largest absolute Gasteiger partial charge is 0.493 e. The van der Waals surface area contributed by atoms with Gasteiger partial charge in [-0.15, -0.1) is 0 Å². The van der Waals surface area contributed by atoms with Gasteiger partial charge in [-0.1, -0.05) is 81.3 Å². The average molecular weight is 641 g/mol. The zero-order valence-corrected chi connectivity index (χ0v) is 28.6. The number of piperidine rings is 1. The number of aliphatic hydroxyl groups excluding tert-OH is 1. The van der Waals surface area contributed by atoms with E-state index in [1.165, 1.54) is 61.6 Å². The van der Waals surface area contributed by atoms with E-state index in [0.29, 0.717) is 30.2 Å². The van der Waals surface area contributed by atoms with Crippen molar-refractivity contribution >= 4 is 5.91 Å². The van der Waals surface area contributed by atoms with Gasteiger partial charge in [0, 0.05) is 42.4 Å². The third kappa shape index (κ3) is 5.90. The van der Waals surface area contributed by atoms with Crippen LogP contribution in [0, 0.1) is 17.8 Å². The summed E-state index contributed by atoms with van der Waals surface area (Å²) in [5, 5.41) is 10.2. The van der Waals surface area contributed by atoms with E-state index in [1.807, 2.05) is 0 Å². The maximum absolute atomic E-state index is 14.4. The van der Waals surface area contributed by atoms with E-state index < -0.39 is 0 Å². The van der Waals surface area contributed by atoms with Crippen LogP contribution in [0.5, 0.6) is 11.5 Å². The van der Waals surface area contributed by atoms with Crippen molar-refractivity contribution < 1.29 is 19.4 Å². The SMILES string of the molecule is COc1ccc2c3c1O[C@H]1[C@@H](N(CCCc4ccccc4)C(=O)CCCCC4CCCCC4)CC[C@H]4[C@@H](C2)N(CC2CC2O)CC[C@@]341. The molecule has 6 nitrogen and oxygen atoms in total. The fourth-order valence-electron chi connectivity index (χ4n) is 10.9. The minimum absolute atomic E-state index is 0.0364. The summed E-state index contributed by atoms with van der Waals surface area (Å²) in [6.45, 7) is 2.84. The Bertz CT molecular complexity index is 1410. The number of aryl methyl sites for hydroxylation is 1. The topological polar surface area (TPSA) is 62.2 Å². The van der Waals surface area contributed by atoms with Crippen LogP contribution in [0.2, 0.25) is 0 Å². The zero-order valence-electron chi connectivity index (χ0n) is 28.6. The Hall–Kier alpha value is -2.57. The van der Waals surface area contributed by atoms with Gasteiger partial charge in [0.1, 0.15) is 6.10 Å². The number of benzene rings is 2. The van der Waals surface area contributed by atoms with Crippen molar-refractivity contribution in [3.8, 4) is 11.5 Å². The fourth-order valence-corrected chi connectivity index (χ4v) is 10.9. The predicted molar refractivity (Wildman–Crippen MR) is 185 cm³/mol. The molecule has 7 atom stereocenters. The molecule has 0 radical (unpaired) electrons. The summed E-state index contributed by atoms with van der Waals surface area (Å²) >= 11 is 0. The molecule has 4 aliphatic carbocycles. The second-order valence-corrected chi connectivity index (χ2v) is 16.0. The first kappa shape index (κ1) is 31.7. The van der Waals surface area contributed by atoms with Crippen LogP contribution in [0.1, 0.15) is 107 Å². The number of hydrogen-bond acceptors (Lipinski definition) is 5. The number of unbranched alkanes of at least 4 members (excludes halogenated alkanes) is 1. The third-order valence-electron chi connectivity index (χ3n) is 13.4. The molecule has 1 spiro atoms. The number of rotatable bonds is 13. The van der Waals surface area contributed by atoms with Crippen LogP contribution in [0.4, 0.5) is 0 Å². The Balaban J connectivity index is 1.05. The molecule has 3 saturated carbocycles. The summed E-state index contributed by atoms with van der Waals surface area (Å²) in [6.07, 6.45) is 18.0. The monoisotopic (exact) mass is 640 g/mol. The number of amides is 1. The molecule has 1 saturated heterocycles. The minimum Gasteiger partial charge on any atom is -0.493 e. The second-order valence-electron chi connectivity index (χ2n) is 16.0. The van der Waals surface area contributed by atoms with Gasteiger partial charge in [0.25, 0.3) is 0 Å². The maximum Gasteiger partial charge on any atom is 0.222 e. The van der Waals surface area contributed by atoms with E-state index in [4.69, 9.17) is 9.47 Å². The van der Waals surface area contributed by atoms with Crippen LogP contribution >= 0.6 is 0 Å². The fraction of sp³-hybridized carbons (Fsp3) is 0.683. The molecule has 1 N–H and O–H groups in total. The highest BCUT2D eigenvalue weighted by Gasteiger charge is 2.67. The van der Waals surface area contributed by atoms with E-state index >= 15 is 0 Å². The molecule has 6 aliphatic rings. The van der Waals surface area contributed by atoms with Crippen LogP contribution < -0.4 is 9.47 Å².